The zero-order valence-corrected chi connectivity index (χ0v) is 11.9. The number of hydrogen-bond acceptors (Lipinski definition) is 2. The highest BCUT2D eigenvalue weighted by Gasteiger charge is 2.18. The first kappa shape index (κ1) is 16.5. The molecule has 2 amide bonds. The SMILES string of the molecule is C#CCC(NC(=O)NCc1cc(C)c(F)c(C)c1)C(=O)O. The largest absolute Gasteiger partial charge is 0.480 e. The molecule has 0 bridgehead atoms. The van der Waals surface area contributed by atoms with Gasteiger partial charge in [0.25, 0.3) is 0 Å². The highest BCUT2D eigenvalue weighted by molar-refractivity contribution is 5.82. The fraction of sp³-hybridized carbons (Fsp3) is 0.333. The minimum atomic E-state index is -1.20. The summed E-state index contributed by atoms with van der Waals surface area (Å²) in [4.78, 5) is 22.5. The predicted molar refractivity (Wildman–Crippen MR) is 76.1 cm³/mol. The molecule has 1 unspecified atom stereocenters. The second-order valence-electron chi connectivity index (χ2n) is 4.67. The van der Waals surface area contributed by atoms with Gasteiger partial charge in [0.1, 0.15) is 11.9 Å². The number of amides is 2. The third-order valence-electron chi connectivity index (χ3n) is 2.87. The Morgan fingerprint density at radius 1 is 1.38 bits per heavy atom. The molecule has 0 aliphatic carbocycles. The van der Waals surface area contributed by atoms with E-state index in [0.717, 1.165) is 5.56 Å². The highest BCUT2D eigenvalue weighted by atomic mass is 19.1. The van der Waals surface area contributed by atoms with Gasteiger partial charge in [-0.3, -0.25) is 0 Å². The number of hydrogen-bond donors (Lipinski definition) is 3. The van der Waals surface area contributed by atoms with Crippen LogP contribution in [-0.2, 0) is 11.3 Å². The number of carboxylic acid groups (broad SMARTS) is 1. The normalized spacial score (nSPS) is 11.3. The molecule has 0 spiro atoms. The van der Waals surface area contributed by atoms with Crippen molar-refractivity contribution in [2.75, 3.05) is 0 Å². The number of halogens is 1. The van der Waals surface area contributed by atoms with Crippen molar-refractivity contribution in [3.63, 3.8) is 0 Å². The van der Waals surface area contributed by atoms with Gasteiger partial charge in [-0.2, -0.15) is 0 Å². The summed E-state index contributed by atoms with van der Waals surface area (Å²) in [6.07, 6.45) is 4.94. The Labute approximate surface area is 122 Å². The van der Waals surface area contributed by atoms with Crippen LogP contribution in [-0.4, -0.2) is 23.1 Å². The first-order valence-corrected chi connectivity index (χ1v) is 6.31. The zero-order valence-electron chi connectivity index (χ0n) is 11.9. The molecule has 21 heavy (non-hydrogen) atoms. The number of benzene rings is 1. The molecular weight excluding hydrogens is 275 g/mol. The van der Waals surface area contributed by atoms with Gasteiger partial charge in [0.05, 0.1) is 0 Å². The average molecular weight is 292 g/mol. The van der Waals surface area contributed by atoms with Gasteiger partial charge in [-0.1, -0.05) is 12.1 Å². The van der Waals surface area contributed by atoms with Gasteiger partial charge in [0, 0.05) is 13.0 Å². The van der Waals surface area contributed by atoms with Crippen LogP contribution in [0.5, 0.6) is 0 Å². The second kappa shape index (κ2) is 7.29. The lowest BCUT2D eigenvalue weighted by Gasteiger charge is -2.13. The molecule has 0 radical (unpaired) electrons. The van der Waals surface area contributed by atoms with Crippen LogP contribution in [0.15, 0.2) is 12.1 Å². The van der Waals surface area contributed by atoms with Crippen molar-refractivity contribution in [3.8, 4) is 12.3 Å². The first-order chi connectivity index (χ1) is 9.85. The lowest BCUT2D eigenvalue weighted by molar-refractivity contribution is -0.139. The molecule has 5 nitrogen and oxygen atoms in total. The number of terminal acetylenes is 1. The quantitative estimate of drug-likeness (QED) is 0.723. The van der Waals surface area contributed by atoms with Crippen molar-refractivity contribution in [3.05, 3.63) is 34.6 Å². The molecule has 1 rings (SSSR count). The zero-order chi connectivity index (χ0) is 16.0. The van der Waals surface area contributed by atoms with Crippen LogP contribution in [0.3, 0.4) is 0 Å². The minimum absolute atomic E-state index is 0.0997. The molecule has 1 aromatic rings. The Kier molecular flexibility index (Phi) is 5.73. The smallest absolute Gasteiger partial charge is 0.327 e. The molecule has 6 heteroatoms. The molecule has 0 fully saturated rings. The topological polar surface area (TPSA) is 78.4 Å². The molecule has 0 heterocycles. The van der Waals surface area contributed by atoms with Gasteiger partial charge in [0.2, 0.25) is 0 Å². The van der Waals surface area contributed by atoms with E-state index >= 15 is 0 Å². The van der Waals surface area contributed by atoms with Gasteiger partial charge in [0.15, 0.2) is 0 Å². The molecule has 0 aromatic heterocycles. The Morgan fingerprint density at radius 2 is 1.95 bits per heavy atom. The number of rotatable bonds is 5. The van der Waals surface area contributed by atoms with Gasteiger partial charge in [-0.05, 0) is 30.5 Å². The number of carbonyl (C=O) groups is 2. The van der Waals surface area contributed by atoms with Crippen LogP contribution >= 0.6 is 0 Å². The number of carboxylic acids is 1. The monoisotopic (exact) mass is 292 g/mol. The van der Waals surface area contributed by atoms with Gasteiger partial charge >= 0.3 is 12.0 Å². The van der Waals surface area contributed by atoms with Crippen molar-refractivity contribution in [2.24, 2.45) is 0 Å². The third kappa shape index (κ3) is 4.80. The maximum atomic E-state index is 13.5. The van der Waals surface area contributed by atoms with E-state index in [1.807, 2.05) is 0 Å². The summed E-state index contributed by atoms with van der Waals surface area (Å²) in [5, 5.41) is 13.6. The second-order valence-corrected chi connectivity index (χ2v) is 4.67. The molecule has 0 aliphatic rings. The summed E-state index contributed by atoms with van der Waals surface area (Å²) in [7, 11) is 0. The Balaban J connectivity index is 2.61. The van der Waals surface area contributed by atoms with Gasteiger partial charge in [-0.15, -0.1) is 12.3 Å². The van der Waals surface area contributed by atoms with Crippen molar-refractivity contribution in [2.45, 2.75) is 32.9 Å². The first-order valence-electron chi connectivity index (χ1n) is 6.31. The average Bonchev–Trinajstić information content (AvgIpc) is 2.41. The number of aliphatic carboxylic acids is 1. The van der Waals surface area contributed by atoms with Crippen molar-refractivity contribution in [1.29, 1.82) is 0 Å². The Morgan fingerprint density at radius 3 is 2.43 bits per heavy atom. The van der Waals surface area contributed by atoms with Gasteiger partial charge < -0.3 is 15.7 Å². The molecule has 3 N–H and O–H groups in total. The molecule has 112 valence electrons. The van der Waals surface area contributed by atoms with E-state index in [2.05, 4.69) is 16.6 Å². The van der Waals surface area contributed by atoms with E-state index in [1.54, 1.807) is 26.0 Å². The molecular formula is C15H17FN2O3. The molecule has 0 saturated carbocycles. The summed E-state index contributed by atoms with van der Waals surface area (Å²) < 4.78 is 13.5. The van der Waals surface area contributed by atoms with E-state index < -0.39 is 18.0 Å². The fourth-order valence-electron chi connectivity index (χ4n) is 1.85. The number of nitrogens with one attached hydrogen (secondary N) is 2. The Bertz CT molecular complexity index is 570. The predicted octanol–water partition coefficient (Wildman–Crippen LogP) is 1.72. The highest BCUT2D eigenvalue weighted by Crippen LogP contribution is 2.14. The van der Waals surface area contributed by atoms with Gasteiger partial charge in [-0.25, -0.2) is 14.0 Å². The Hall–Kier alpha value is -2.55. The van der Waals surface area contributed by atoms with Crippen LogP contribution in [0.1, 0.15) is 23.1 Å². The van der Waals surface area contributed by atoms with E-state index in [4.69, 9.17) is 11.5 Å². The lowest BCUT2D eigenvalue weighted by Crippen LogP contribution is -2.45. The summed E-state index contributed by atoms with van der Waals surface area (Å²) in [5.41, 5.74) is 1.70. The summed E-state index contributed by atoms with van der Waals surface area (Å²) in [6.45, 7) is 3.44. The van der Waals surface area contributed by atoms with E-state index in [9.17, 15) is 14.0 Å². The van der Waals surface area contributed by atoms with Crippen LogP contribution in [0.2, 0.25) is 0 Å². The summed E-state index contributed by atoms with van der Waals surface area (Å²) in [6, 6.07) is 1.47. The third-order valence-corrected chi connectivity index (χ3v) is 2.87. The van der Waals surface area contributed by atoms with Crippen LogP contribution in [0.25, 0.3) is 0 Å². The number of urea groups is 1. The fourth-order valence-corrected chi connectivity index (χ4v) is 1.85. The minimum Gasteiger partial charge on any atom is -0.480 e. The van der Waals surface area contributed by atoms with Crippen molar-refractivity contribution >= 4 is 12.0 Å². The van der Waals surface area contributed by atoms with Crippen LogP contribution in [0.4, 0.5) is 9.18 Å². The number of aryl methyl sites for hydroxylation is 2. The van der Waals surface area contributed by atoms with Crippen molar-refractivity contribution in [1.82, 2.24) is 10.6 Å². The molecule has 1 atom stereocenters. The maximum absolute atomic E-state index is 13.5. The molecule has 0 aliphatic heterocycles. The van der Waals surface area contributed by atoms with E-state index in [1.165, 1.54) is 0 Å². The van der Waals surface area contributed by atoms with E-state index in [-0.39, 0.29) is 18.8 Å². The van der Waals surface area contributed by atoms with Crippen molar-refractivity contribution < 1.29 is 19.1 Å². The maximum Gasteiger partial charge on any atom is 0.327 e. The van der Waals surface area contributed by atoms with E-state index in [0.29, 0.717) is 11.1 Å². The van der Waals surface area contributed by atoms with Crippen LogP contribution < -0.4 is 10.6 Å². The number of carbonyl (C=O) groups excluding carboxylic acids is 1. The lowest BCUT2D eigenvalue weighted by atomic mass is 10.1. The molecule has 1 aromatic carbocycles. The standard InChI is InChI=1S/C15H17FN2O3/c1-4-5-12(14(19)20)18-15(21)17-8-11-6-9(2)13(16)10(3)7-11/h1,6-7,12H,5,8H2,2-3H3,(H,19,20)(H2,17,18,21). The van der Waals surface area contributed by atoms with Crippen LogP contribution in [0, 0.1) is 32.0 Å². The summed E-state index contributed by atoms with van der Waals surface area (Å²) in [5.74, 6) is 0.712. The molecule has 0 saturated heterocycles. The summed E-state index contributed by atoms with van der Waals surface area (Å²) >= 11 is 0.